The summed E-state index contributed by atoms with van der Waals surface area (Å²) in [5.74, 6) is 2.07. The van der Waals surface area contributed by atoms with Crippen LogP contribution >= 0.6 is 0 Å². The van der Waals surface area contributed by atoms with Crippen molar-refractivity contribution in [3.05, 3.63) is 60.2 Å². The van der Waals surface area contributed by atoms with Gasteiger partial charge in [-0.05, 0) is 61.6 Å². The number of ether oxygens (including phenoxy) is 1. The minimum atomic E-state index is -0.497. The van der Waals surface area contributed by atoms with Gasteiger partial charge >= 0.3 is 0 Å². The van der Waals surface area contributed by atoms with Crippen LogP contribution in [0.5, 0.6) is 11.5 Å². The molecule has 3 heterocycles. The Balaban J connectivity index is 1.44. The van der Waals surface area contributed by atoms with E-state index in [1.165, 1.54) is 0 Å². The molecule has 2 aromatic carbocycles. The van der Waals surface area contributed by atoms with Crippen molar-refractivity contribution >= 4 is 11.7 Å². The maximum atomic E-state index is 12.5. The fourth-order valence-corrected chi connectivity index (χ4v) is 4.87. The van der Waals surface area contributed by atoms with E-state index in [9.17, 15) is 4.79 Å². The number of fused-ring (bicyclic) bond motifs is 1. The lowest BCUT2D eigenvalue weighted by Crippen LogP contribution is -2.37. The van der Waals surface area contributed by atoms with E-state index in [1.54, 1.807) is 4.90 Å². The number of hydrogen-bond acceptors (Lipinski definition) is 6. The number of nitrogens with two attached hydrogens (primary N) is 1. The summed E-state index contributed by atoms with van der Waals surface area (Å²) >= 11 is 0. The predicted molar refractivity (Wildman–Crippen MR) is 125 cm³/mol. The van der Waals surface area contributed by atoms with Gasteiger partial charge in [0, 0.05) is 25.2 Å². The van der Waals surface area contributed by atoms with Gasteiger partial charge in [-0.25, -0.2) is 4.68 Å². The van der Waals surface area contributed by atoms with Crippen molar-refractivity contribution in [2.24, 2.45) is 11.7 Å². The molecule has 8 heteroatoms. The van der Waals surface area contributed by atoms with Gasteiger partial charge in [0.1, 0.15) is 28.6 Å². The van der Waals surface area contributed by atoms with E-state index in [0.29, 0.717) is 28.7 Å². The molecule has 2 aliphatic rings. The van der Waals surface area contributed by atoms with Crippen LogP contribution in [0.2, 0.25) is 0 Å². The zero-order valence-corrected chi connectivity index (χ0v) is 18.3. The number of benzene rings is 2. The van der Waals surface area contributed by atoms with Crippen molar-refractivity contribution in [2.45, 2.75) is 25.3 Å². The van der Waals surface area contributed by atoms with Gasteiger partial charge in [0.25, 0.3) is 5.91 Å². The number of carbonyl (C=O) groups excluding carboxylic acids is 1. The number of likely N-dealkylation sites (tertiary alicyclic amines) is 1. The number of hydrogen-bond donors (Lipinski definition) is 2. The number of nitriles is 1. The summed E-state index contributed by atoms with van der Waals surface area (Å²) in [5.41, 5.74) is 7.63. The van der Waals surface area contributed by atoms with Gasteiger partial charge < -0.3 is 20.7 Å². The Morgan fingerprint density at radius 3 is 2.42 bits per heavy atom. The molecule has 3 aromatic rings. The Morgan fingerprint density at radius 1 is 1.06 bits per heavy atom. The van der Waals surface area contributed by atoms with Crippen molar-refractivity contribution in [1.29, 1.82) is 5.26 Å². The Hall–Kier alpha value is -3.99. The Kier molecular flexibility index (Phi) is 5.61. The van der Waals surface area contributed by atoms with Gasteiger partial charge in [0.2, 0.25) is 0 Å². The smallest absolute Gasteiger partial charge is 0.254 e. The lowest BCUT2D eigenvalue weighted by Gasteiger charge is -2.36. The van der Waals surface area contributed by atoms with Gasteiger partial charge in [-0.1, -0.05) is 18.2 Å². The molecule has 5 rings (SSSR count). The average molecular weight is 443 g/mol. The minimum Gasteiger partial charge on any atom is -0.457 e. The SMILES string of the molecule is N#CN1CCC([C@@H]2CCNc3c(C(N)=O)c(-c4ccc(Oc5ccccc5)cc4)nn32)CC1. The molecule has 0 bridgehead atoms. The number of nitrogens with zero attached hydrogens (tertiary/aromatic N) is 4. The second-order valence-corrected chi connectivity index (χ2v) is 8.53. The molecule has 1 aromatic heterocycles. The van der Waals surface area contributed by atoms with Gasteiger partial charge in [-0.15, -0.1) is 0 Å². The Bertz CT molecular complexity index is 1170. The first kappa shape index (κ1) is 20.9. The van der Waals surface area contributed by atoms with E-state index in [1.807, 2.05) is 59.3 Å². The Labute approximate surface area is 192 Å². The van der Waals surface area contributed by atoms with Gasteiger partial charge in [0.05, 0.1) is 6.04 Å². The van der Waals surface area contributed by atoms with E-state index >= 15 is 0 Å². The van der Waals surface area contributed by atoms with Crippen molar-refractivity contribution in [1.82, 2.24) is 14.7 Å². The highest BCUT2D eigenvalue weighted by Gasteiger charge is 2.35. The summed E-state index contributed by atoms with van der Waals surface area (Å²) in [6.45, 7) is 2.29. The van der Waals surface area contributed by atoms with Crippen LogP contribution in [0.25, 0.3) is 11.3 Å². The topological polar surface area (TPSA) is 109 Å². The van der Waals surface area contributed by atoms with Gasteiger partial charge in [-0.3, -0.25) is 4.79 Å². The summed E-state index contributed by atoms with van der Waals surface area (Å²) in [5, 5.41) is 17.4. The van der Waals surface area contributed by atoms with Crippen molar-refractivity contribution < 1.29 is 9.53 Å². The van der Waals surface area contributed by atoms with Crippen LogP contribution in [0.4, 0.5) is 5.82 Å². The van der Waals surface area contributed by atoms with E-state index in [2.05, 4.69) is 11.5 Å². The molecular formula is C25H26N6O2. The number of rotatable bonds is 5. The third-order valence-electron chi connectivity index (χ3n) is 6.54. The molecule has 1 amide bonds. The highest BCUT2D eigenvalue weighted by molar-refractivity contribution is 6.03. The lowest BCUT2D eigenvalue weighted by atomic mass is 9.87. The number of para-hydroxylation sites is 1. The molecule has 1 saturated heterocycles. The molecule has 0 saturated carbocycles. The minimum absolute atomic E-state index is 0.176. The summed E-state index contributed by atoms with van der Waals surface area (Å²) in [7, 11) is 0. The number of aromatic nitrogens is 2. The Morgan fingerprint density at radius 2 is 1.76 bits per heavy atom. The normalized spacial score (nSPS) is 18.2. The molecule has 33 heavy (non-hydrogen) atoms. The maximum absolute atomic E-state index is 12.5. The first-order valence-electron chi connectivity index (χ1n) is 11.3. The van der Waals surface area contributed by atoms with E-state index in [4.69, 9.17) is 20.8 Å². The highest BCUT2D eigenvalue weighted by Crippen LogP contribution is 2.40. The zero-order chi connectivity index (χ0) is 22.8. The fourth-order valence-electron chi connectivity index (χ4n) is 4.87. The van der Waals surface area contributed by atoms with Crippen molar-refractivity contribution in [3.8, 4) is 28.9 Å². The second kappa shape index (κ2) is 8.87. The zero-order valence-electron chi connectivity index (χ0n) is 18.3. The van der Waals surface area contributed by atoms with Crippen LogP contribution in [-0.2, 0) is 0 Å². The average Bonchev–Trinajstić information content (AvgIpc) is 3.25. The van der Waals surface area contributed by atoms with Gasteiger partial charge in [-0.2, -0.15) is 10.4 Å². The van der Waals surface area contributed by atoms with Gasteiger partial charge in [0.15, 0.2) is 6.19 Å². The van der Waals surface area contributed by atoms with Crippen LogP contribution in [0.3, 0.4) is 0 Å². The summed E-state index contributed by atoms with van der Waals surface area (Å²) in [4.78, 5) is 14.3. The van der Waals surface area contributed by atoms with Crippen molar-refractivity contribution in [3.63, 3.8) is 0 Å². The fraction of sp³-hybridized carbons (Fsp3) is 0.320. The first-order chi connectivity index (χ1) is 16.1. The second-order valence-electron chi connectivity index (χ2n) is 8.53. The molecule has 8 nitrogen and oxygen atoms in total. The number of anilines is 1. The highest BCUT2D eigenvalue weighted by atomic mass is 16.5. The monoisotopic (exact) mass is 442 g/mol. The van der Waals surface area contributed by atoms with Crippen LogP contribution in [0.15, 0.2) is 54.6 Å². The quantitative estimate of drug-likeness (QED) is 0.578. The molecule has 0 unspecified atom stereocenters. The molecule has 0 spiro atoms. The number of primary amides is 1. The van der Waals surface area contributed by atoms with Crippen LogP contribution in [-0.4, -0.2) is 40.2 Å². The standard InChI is InChI=1S/C25H26N6O2/c26-16-30-14-11-17(12-15-30)21-10-13-28-25-22(24(27)32)23(29-31(21)25)18-6-8-20(9-7-18)33-19-4-2-1-3-5-19/h1-9,17,21,28H,10-15H2,(H2,27,32)/t21-/m0/s1. The van der Waals surface area contributed by atoms with Crippen LogP contribution in [0, 0.1) is 17.4 Å². The molecule has 168 valence electrons. The molecule has 1 fully saturated rings. The molecule has 2 aliphatic heterocycles. The third-order valence-corrected chi connectivity index (χ3v) is 6.54. The maximum Gasteiger partial charge on any atom is 0.254 e. The van der Waals surface area contributed by atoms with E-state index < -0.39 is 5.91 Å². The van der Waals surface area contributed by atoms with Crippen LogP contribution < -0.4 is 15.8 Å². The first-order valence-corrected chi connectivity index (χ1v) is 11.3. The largest absolute Gasteiger partial charge is 0.457 e. The molecule has 1 atom stereocenters. The van der Waals surface area contributed by atoms with E-state index in [0.717, 1.165) is 50.2 Å². The third kappa shape index (κ3) is 4.10. The number of amides is 1. The lowest BCUT2D eigenvalue weighted by molar-refractivity contribution is 0.100. The summed E-state index contributed by atoms with van der Waals surface area (Å²) in [6.07, 6.45) is 5.04. The number of nitrogens with one attached hydrogen (secondary N) is 1. The van der Waals surface area contributed by atoms with E-state index in [-0.39, 0.29) is 6.04 Å². The molecule has 0 radical (unpaired) electrons. The van der Waals surface area contributed by atoms with Crippen LogP contribution in [0.1, 0.15) is 35.7 Å². The molecule has 0 aliphatic carbocycles. The predicted octanol–water partition coefficient (Wildman–Crippen LogP) is 3.99. The van der Waals surface area contributed by atoms with Crippen molar-refractivity contribution in [2.75, 3.05) is 25.0 Å². The molecule has 3 N–H and O–H groups in total. The summed E-state index contributed by atoms with van der Waals surface area (Å²) in [6, 6.07) is 17.3. The number of carbonyl (C=O) groups is 1. The number of piperidine rings is 1. The molecular weight excluding hydrogens is 416 g/mol. The summed E-state index contributed by atoms with van der Waals surface area (Å²) < 4.78 is 7.84.